The minimum Gasteiger partial charge on any atom is -0.491 e. The summed E-state index contributed by atoms with van der Waals surface area (Å²) in [6.45, 7) is 3.84. The zero-order valence-electron chi connectivity index (χ0n) is 14.2. The van der Waals surface area contributed by atoms with Crippen LogP contribution in [0.4, 0.5) is 0 Å². The first-order valence-corrected chi connectivity index (χ1v) is 10.1. The molecule has 1 saturated carbocycles. The number of benzene rings is 1. The lowest BCUT2D eigenvalue weighted by Crippen LogP contribution is -2.44. The van der Waals surface area contributed by atoms with E-state index in [0.717, 1.165) is 25.7 Å². The Labute approximate surface area is 144 Å². The van der Waals surface area contributed by atoms with Gasteiger partial charge in [0, 0.05) is 19.2 Å². The van der Waals surface area contributed by atoms with Crippen LogP contribution >= 0.6 is 0 Å². The number of hydrogen-bond donors (Lipinski definition) is 2. The highest BCUT2D eigenvalue weighted by Crippen LogP contribution is 2.28. The number of sulfonamides is 1. The predicted molar refractivity (Wildman–Crippen MR) is 93.6 cm³/mol. The van der Waals surface area contributed by atoms with Gasteiger partial charge in [0.1, 0.15) is 12.4 Å². The van der Waals surface area contributed by atoms with Crippen LogP contribution in [0.3, 0.4) is 0 Å². The number of hydrogen-bond acceptors (Lipinski definition) is 5. The van der Waals surface area contributed by atoms with Gasteiger partial charge in [-0.15, -0.1) is 0 Å². The van der Waals surface area contributed by atoms with Crippen molar-refractivity contribution in [3.8, 4) is 5.75 Å². The maximum Gasteiger partial charge on any atom is 0.240 e. The van der Waals surface area contributed by atoms with Gasteiger partial charge in [-0.2, -0.15) is 0 Å². The molecule has 1 unspecified atom stereocenters. The molecule has 1 atom stereocenters. The molecule has 0 aromatic heterocycles. The van der Waals surface area contributed by atoms with Crippen LogP contribution in [0, 0.1) is 5.92 Å². The van der Waals surface area contributed by atoms with E-state index in [4.69, 9.17) is 15.2 Å². The van der Waals surface area contributed by atoms with Crippen LogP contribution in [0.15, 0.2) is 29.2 Å². The average Bonchev–Trinajstić information content (AvgIpc) is 3.11. The third-order valence-electron chi connectivity index (χ3n) is 4.36. The summed E-state index contributed by atoms with van der Waals surface area (Å²) in [6, 6.07) is 6.24. The molecule has 2 rings (SSSR count). The summed E-state index contributed by atoms with van der Waals surface area (Å²) in [5.74, 6) is 0.964. The van der Waals surface area contributed by atoms with Gasteiger partial charge in [-0.3, -0.25) is 0 Å². The van der Waals surface area contributed by atoms with Crippen molar-refractivity contribution in [1.29, 1.82) is 0 Å². The molecule has 0 aliphatic heterocycles. The maximum absolute atomic E-state index is 12.5. The minimum atomic E-state index is -3.57. The zero-order valence-corrected chi connectivity index (χ0v) is 15.1. The second kappa shape index (κ2) is 9.36. The van der Waals surface area contributed by atoms with E-state index < -0.39 is 10.0 Å². The Bertz CT molecular complexity index is 583. The Morgan fingerprint density at radius 3 is 2.46 bits per heavy atom. The molecular weight excluding hydrogens is 328 g/mol. The Morgan fingerprint density at radius 1 is 1.21 bits per heavy atom. The van der Waals surface area contributed by atoms with Gasteiger partial charge in [-0.25, -0.2) is 13.1 Å². The second-order valence-electron chi connectivity index (χ2n) is 6.02. The Balaban J connectivity index is 1.95. The molecule has 1 aliphatic carbocycles. The summed E-state index contributed by atoms with van der Waals surface area (Å²) in [4.78, 5) is 0.233. The van der Waals surface area contributed by atoms with Gasteiger partial charge in [-0.1, -0.05) is 12.8 Å². The van der Waals surface area contributed by atoms with Crippen molar-refractivity contribution in [1.82, 2.24) is 4.72 Å². The van der Waals surface area contributed by atoms with Crippen molar-refractivity contribution < 1.29 is 17.9 Å². The minimum absolute atomic E-state index is 0.195. The fourth-order valence-corrected chi connectivity index (χ4v) is 4.36. The van der Waals surface area contributed by atoms with Crippen LogP contribution in [-0.4, -0.2) is 40.8 Å². The molecule has 0 saturated heterocycles. The highest BCUT2D eigenvalue weighted by atomic mass is 32.2. The van der Waals surface area contributed by atoms with Gasteiger partial charge >= 0.3 is 0 Å². The first kappa shape index (κ1) is 19.2. The number of nitrogens with two attached hydrogens (primary N) is 1. The molecule has 7 heteroatoms. The van der Waals surface area contributed by atoms with E-state index in [1.54, 1.807) is 24.3 Å². The molecule has 1 aromatic carbocycles. The molecule has 1 fully saturated rings. The highest BCUT2D eigenvalue weighted by molar-refractivity contribution is 7.89. The van der Waals surface area contributed by atoms with Crippen molar-refractivity contribution in [2.24, 2.45) is 11.7 Å². The summed E-state index contributed by atoms with van der Waals surface area (Å²) in [6.07, 6.45) is 4.38. The fourth-order valence-electron chi connectivity index (χ4n) is 3.04. The van der Waals surface area contributed by atoms with E-state index in [9.17, 15) is 8.42 Å². The molecule has 0 amide bonds. The van der Waals surface area contributed by atoms with Crippen molar-refractivity contribution in [3.05, 3.63) is 24.3 Å². The summed E-state index contributed by atoms with van der Waals surface area (Å²) in [5.41, 5.74) is 5.78. The van der Waals surface area contributed by atoms with Crippen LogP contribution in [0.5, 0.6) is 5.75 Å². The van der Waals surface area contributed by atoms with E-state index in [-0.39, 0.29) is 10.9 Å². The topological polar surface area (TPSA) is 90.6 Å². The van der Waals surface area contributed by atoms with Crippen molar-refractivity contribution in [2.75, 3.05) is 26.4 Å². The molecule has 6 nitrogen and oxygen atoms in total. The summed E-state index contributed by atoms with van der Waals surface area (Å²) < 4.78 is 38.5. The lowest BCUT2D eigenvalue weighted by atomic mass is 9.99. The highest BCUT2D eigenvalue weighted by Gasteiger charge is 2.28. The normalized spacial score (nSPS) is 17.1. The molecule has 0 bridgehead atoms. The van der Waals surface area contributed by atoms with Gasteiger partial charge in [0.15, 0.2) is 0 Å². The van der Waals surface area contributed by atoms with Gasteiger partial charge in [0.25, 0.3) is 0 Å². The first-order chi connectivity index (χ1) is 11.6. The van der Waals surface area contributed by atoms with Crippen LogP contribution in [-0.2, 0) is 14.8 Å². The Morgan fingerprint density at radius 2 is 1.88 bits per heavy atom. The van der Waals surface area contributed by atoms with Gasteiger partial charge in [0.2, 0.25) is 10.0 Å². The SMILES string of the molecule is CCOCCOc1ccc(S(=O)(=O)NC(CN)C2CCCC2)cc1. The van der Waals surface area contributed by atoms with Crippen molar-refractivity contribution in [2.45, 2.75) is 43.5 Å². The van der Waals surface area contributed by atoms with Crippen LogP contribution in [0.25, 0.3) is 0 Å². The summed E-state index contributed by atoms with van der Waals surface area (Å²) >= 11 is 0. The largest absolute Gasteiger partial charge is 0.491 e. The number of rotatable bonds is 10. The van der Waals surface area contributed by atoms with E-state index in [1.807, 2.05) is 6.92 Å². The van der Waals surface area contributed by atoms with Crippen molar-refractivity contribution in [3.63, 3.8) is 0 Å². The zero-order chi connectivity index (χ0) is 17.4. The van der Waals surface area contributed by atoms with E-state index in [1.165, 1.54) is 0 Å². The van der Waals surface area contributed by atoms with E-state index in [0.29, 0.717) is 38.0 Å². The van der Waals surface area contributed by atoms with Crippen LogP contribution in [0.1, 0.15) is 32.6 Å². The Kier molecular flexibility index (Phi) is 7.48. The van der Waals surface area contributed by atoms with E-state index >= 15 is 0 Å². The molecule has 3 N–H and O–H groups in total. The quantitative estimate of drug-likeness (QED) is 0.625. The predicted octanol–water partition coefficient (Wildman–Crippen LogP) is 1.90. The third-order valence-corrected chi connectivity index (χ3v) is 5.87. The Hall–Kier alpha value is -1.15. The lowest BCUT2D eigenvalue weighted by Gasteiger charge is -2.23. The second-order valence-corrected chi connectivity index (χ2v) is 7.74. The van der Waals surface area contributed by atoms with Crippen molar-refractivity contribution >= 4 is 10.0 Å². The first-order valence-electron chi connectivity index (χ1n) is 8.60. The fraction of sp³-hybridized carbons (Fsp3) is 0.647. The monoisotopic (exact) mass is 356 g/mol. The lowest BCUT2D eigenvalue weighted by molar-refractivity contribution is 0.110. The van der Waals surface area contributed by atoms with Gasteiger partial charge < -0.3 is 15.2 Å². The van der Waals surface area contributed by atoms with Crippen LogP contribution in [0.2, 0.25) is 0 Å². The summed E-state index contributed by atoms with van der Waals surface area (Å²) in [7, 11) is -3.57. The van der Waals surface area contributed by atoms with Gasteiger partial charge in [0.05, 0.1) is 11.5 Å². The molecular formula is C17H28N2O4S. The average molecular weight is 356 g/mol. The molecule has 0 spiro atoms. The summed E-state index contributed by atoms with van der Waals surface area (Å²) in [5, 5.41) is 0. The molecule has 0 heterocycles. The third kappa shape index (κ3) is 5.44. The van der Waals surface area contributed by atoms with Gasteiger partial charge in [-0.05, 0) is 49.9 Å². The molecule has 0 radical (unpaired) electrons. The maximum atomic E-state index is 12.5. The van der Waals surface area contributed by atoms with E-state index in [2.05, 4.69) is 4.72 Å². The standard InChI is InChI=1S/C17H28N2O4S/c1-2-22-11-12-23-15-7-9-16(10-8-15)24(20,21)19-17(13-18)14-5-3-4-6-14/h7-10,14,17,19H,2-6,11-13,18H2,1H3. The molecule has 1 aliphatic rings. The number of nitrogens with one attached hydrogen (secondary N) is 1. The molecule has 1 aromatic rings. The number of ether oxygens (including phenoxy) is 2. The molecule has 136 valence electrons. The smallest absolute Gasteiger partial charge is 0.240 e. The molecule has 24 heavy (non-hydrogen) atoms. The van der Waals surface area contributed by atoms with Crippen LogP contribution < -0.4 is 15.2 Å².